The maximum atomic E-state index is 12.6. The molecule has 2 saturated heterocycles. The Morgan fingerprint density at radius 2 is 1.31 bits per heavy atom. The largest absolute Gasteiger partial charge is 0.465 e. The van der Waals surface area contributed by atoms with E-state index in [-0.39, 0.29) is 11.9 Å². The van der Waals surface area contributed by atoms with E-state index in [0.717, 1.165) is 0 Å². The van der Waals surface area contributed by atoms with Gasteiger partial charge in [0.05, 0.1) is 25.9 Å². The molecular weight excluding hydrogens is 338 g/mol. The fraction of sp³-hybridized carbons (Fsp3) is 0.500. The van der Waals surface area contributed by atoms with Crippen molar-refractivity contribution in [3.63, 3.8) is 0 Å². The van der Waals surface area contributed by atoms with E-state index in [9.17, 15) is 14.4 Å². The van der Waals surface area contributed by atoms with Crippen molar-refractivity contribution >= 4 is 17.9 Å². The summed E-state index contributed by atoms with van der Waals surface area (Å²) in [7, 11) is 1.32. The molecule has 0 atom stereocenters. The summed E-state index contributed by atoms with van der Waals surface area (Å²) in [6.45, 7) is 4.40. The van der Waals surface area contributed by atoms with Gasteiger partial charge in [-0.1, -0.05) is 0 Å². The summed E-state index contributed by atoms with van der Waals surface area (Å²) in [5.41, 5.74) is 0.926. The van der Waals surface area contributed by atoms with Crippen LogP contribution in [0.5, 0.6) is 0 Å². The number of methoxy groups -OCH3 is 1. The second kappa shape index (κ2) is 8.18. The molecule has 1 aromatic rings. The van der Waals surface area contributed by atoms with Crippen LogP contribution >= 0.6 is 0 Å². The van der Waals surface area contributed by atoms with E-state index in [2.05, 4.69) is 4.74 Å². The SMILES string of the molecule is COC(=O)c1ccc(C(=O)N2CCN(C(=O)N3CCOCC3)CC2)cc1. The minimum absolute atomic E-state index is 0.0165. The highest BCUT2D eigenvalue weighted by atomic mass is 16.5. The Hall–Kier alpha value is -2.61. The van der Waals surface area contributed by atoms with Crippen molar-refractivity contribution in [1.82, 2.24) is 14.7 Å². The Balaban J connectivity index is 1.54. The average Bonchev–Trinajstić information content (AvgIpc) is 2.73. The molecule has 0 bridgehead atoms. The second-order valence-corrected chi connectivity index (χ2v) is 6.23. The molecule has 8 nitrogen and oxygen atoms in total. The van der Waals surface area contributed by atoms with Crippen molar-refractivity contribution in [2.24, 2.45) is 0 Å². The molecule has 0 aromatic heterocycles. The van der Waals surface area contributed by atoms with Crippen molar-refractivity contribution in [2.75, 3.05) is 59.6 Å². The molecule has 0 aliphatic carbocycles. The molecule has 0 radical (unpaired) electrons. The average molecular weight is 361 g/mol. The molecule has 1 aromatic carbocycles. The molecule has 3 rings (SSSR count). The molecule has 3 amide bonds. The van der Waals surface area contributed by atoms with Crippen molar-refractivity contribution in [1.29, 1.82) is 0 Å². The van der Waals surface area contributed by atoms with Gasteiger partial charge in [0.15, 0.2) is 0 Å². The second-order valence-electron chi connectivity index (χ2n) is 6.23. The Kier molecular flexibility index (Phi) is 5.72. The van der Waals surface area contributed by atoms with Crippen LogP contribution in [0.15, 0.2) is 24.3 Å². The third-order valence-electron chi connectivity index (χ3n) is 4.67. The van der Waals surface area contributed by atoms with Crippen LogP contribution in [0.25, 0.3) is 0 Å². The molecule has 26 heavy (non-hydrogen) atoms. The molecule has 2 fully saturated rings. The van der Waals surface area contributed by atoms with Crippen LogP contribution in [-0.2, 0) is 9.47 Å². The van der Waals surface area contributed by atoms with Crippen LogP contribution in [0.1, 0.15) is 20.7 Å². The number of nitrogens with zero attached hydrogens (tertiary/aromatic N) is 3. The van der Waals surface area contributed by atoms with E-state index in [1.54, 1.807) is 39.0 Å². The van der Waals surface area contributed by atoms with E-state index in [1.807, 2.05) is 0 Å². The summed E-state index contributed by atoms with van der Waals surface area (Å²) < 4.78 is 9.92. The van der Waals surface area contributed by atoms with Crippen LogP contribution in [0, 0.1) is 0 Å². The monoisotopic (exact) mass is 361 g/mol. The lowest BCUT2D eigenvalue weighted by Gasteiger charge is -2.38. The van der Waals surface area contributed by atoms with Gasteiger partial charge in [0.25, 0.3) is 5.91 Å². The summed E-state index contributed by atoms with van der Waals surface area (Å²) in [5, 5.41) is 0. The van der Waals surface area contributed by atoms with Crippen molar-refractivity contribution in [3.8, 4) is 0 Å². The number of rotatable bonds is 2. The fourth-order valence-corrected chi connectivity index (χ4v) is 3.10. The van der Waals surface area contributed by atoms with Gasteiger partial charge in [0.1, 0.15) is 0 Å². The summed E-state index contributed by atoms with van der Waals surface area (Å²) in [5.74, 6) is -0.529. The van der Waals surface area contributed by atoms with Crippen LogP contribution in [-0.4, -0.2) is 92.2 Å². The number of morpholine rings is 1. The zero-order chi connectivity index (χ0) is 18.5. The standard InChI is InChI=1S/C18H23N3O5/c1-25-17(23)15-4-2-14(3-5-15)16(22)19-6-8-20(9-7-19)18(24)21-10-12-26-13-11-21/h2-5H,6-13H2,1H3. The molecule has 2 aliphatic rings. The van der Waals surface area contributed by atoms with Gasteiger partial charge in [-0.3, -0.25) is 4.79 Å². The quantitative estimate of drug-likeness (QED) is 0.724. The first kappa shape index (κ1) is 18.2. The Labute approximate surface area is 152 Å². The van der Waals surface area contributed by atoms with Gasteiger partial charge < -0.3 is 24.2 Å². The number of hydrogen-bond acceptors (Lipinski definition) is 5. The number of carbonyl (C=O) groups excluding carboxylic acids is 3. The van der Waals surface area contributed by atoms with Gasteiger partial charge in [-0.05, 0) is 24.3 Å². The fourth-order valence-electron chi connectivity index (χ4n) is 3.10. The van der Waals surface area contributed by atoms with Crippen molar-refractivity contribution < 1.29 is 23.9 Å². The molecule has 2 aliphatic heterocycles. The number of esters is 1. The third kappa shape index (κ3) is 3.96. The van der Waals surface area contributed by atoms with Gasteiger partial charge in [0.2, 0.25) is 0 Å². The highest BCUT2D eigenvalue weighted by Crippen LogP contribution is 2.13. The van der Waals surface area contributed by atoms with Gasteiger partial charge >= 0.3 is 12.0 Å². The molecule has 0 saturated carbocycles. The normalized spacial score (nSPS) is 17.8. The van der Waals surface area contributed by atoms with Crippen molar-refractivity contribution in [3.05, 3.63) is 35.4 Å². The van der Waals surface area contributed by atoms with E-state index >= 15 is 0 Å². The van der Waals surface area contributed by atoms with Crippen molar-refractivity contribution in [2.45, 2.75) is 0 Å². The first-order valence-electron chi connectivity index (χ1n) is 8.69. The van der Waals surface area contributed by atoms with Gasteiger partial charge in [0, 0.05) is 44.8 Å². The number of ether oxygens (including phenoxy) is 2. The minimum atomic E-state index is -0.431. The highest BCUT2D eigenvalue weighted by Gasteiger charge is 2.28. The lowest BCUT2D eigenvalue weighted by atomic mass is 10.1. The van der Waals surface area contributed by atoms with Crippen LogP contribution in [0.4, 0.5) is 4.79 Å². The minimum Gasteiger partial charge on any atom is -0.465 e. The number of urea groups is 1. The third-order valence-corrected chi connectivity index (χ3v) is 4.67. The van der Waals surface area contributed by atoms with Gasteiger partial charge in [-0.15, -0.1) is 0 Å². The number of hydrogen-bond donors (Lipinski definition) is 0. The van der Waals surface area contributed by atoms with E-state index in [4.69, 9.17) is 4.74 Å². The van der Waals surface area contributed by atoms with Crippen LogP contribution < -0.4 is 0 Å². The van der Waals surface area contributed by atoms with Crippen LogP contribution in [0.2, 0.25) is 0 Å². The Morgan fingerprint density at radius 1 is 0.808 bits per heavy atom. The number of amides is 3. The lowest BCUT2D eigenvalue weighted by molar-refractivity contribution is 0.0362. The van der Waals surface area contributed by atoms with Gasteiger partial charge in [-0.25, -0.2) is 9.59 Å². The summed E-state index contributed by atoms with van der Waals surface area (Å²) in [6, 6.07) is 6.43. The molecular formula is C18H23N3O5. The maximum absolute atomic E-state index is 12.6. The molecule has 2 heterocycles. The first-order chi connectivity index (χ1) is 12.6. The first-order valence-corrected chi connectivity index (χ1v) is 8.69. The summed E-state index contributed by atoms with van der Waals surface area (Å²) >= 11 is 0. The number of piperazine rings is 1. The zero-order valence-corrected chi connectivity index (χ0v) is 14.8. The van der Waals surface area contributed by atoms with Gasteiger partial charge in [-0.2, -0.15) is 0 Å². The number of carbonyl (C=O) groups is 3. The Morgan fingerprint density at radius 3 is 1.88 bits per heavy atom. The highest BCUT2D eigenvalue weighted by molar-refractivity contribution is 5.96. The predicted molar refractivity (Wildman–Crippen MR) is 93.0 cm³/mol. The maximum Gasteiger partial charge on any atom is 0.337 e. The van der Waals surface area contributed by atoms with E-state index in [1.165, 1.54) is 7.11 Å². The topological polar surface area (TPSA) is 79.4 Å². The molecule has 0 N–H and O–H groups in total. The molecule has 8 heteroatoms. The molecule has 0 spiro atoms. The Bertz CT molecular complexity index is 662. The van der Waals surface area contributed by atoms with Crippen LogP contribution in [0.3, 0.4) is 0 Å². The number of benzene rings is 1. The zero-order valence-electron chi connectivity index (χ0n) is 14.8. The molecule has 140 valence electrons. The molecule has 0 unspecified atom stereocenters. The predicted octanol–water partition coefficient (Wildman–Crippen LogP) is 0.683. The van der Waals surface area contributed by atoms with E-state index < -0.39 is 5.97 Å². The summed E-state index contributed by atoms with van der Waals surface area (Å²) in [4.78, 5) is 41.9. The summed E-state index contributed by atoms with van der Waals surface area (Å²) in [6.07, 6.45) is 0. The lowest BCUT2D eigenvalue weighted by Crippen LogP contribution is -2.55. The van der Waals surface area contributed by atoms with E-state index in [0.29, 0.717) is 63.6 Å². The smallest absolute Gasteiger partial charge is 0.337 e.